The van der Waals surface area contributed by atoms with Crippen LogP contribution in [0.3, 0.4) is 0 Å². The van der Waals surface area contributed by atoms with Crippen molar-refractivity contribution in [2.24, 2.45) is 5.92 Å². The van der Waals surface area contributed by atoms with Crippen LogP contribution in [0.15, 0.2) is 24.3 Å². The number of hydrogen-bond donors (Lipinski definition) is 3. The third-order valence-electron chi connectivity index (χ3n) is 3.28. The molecule has 0 radical (unpaired) electrons. The molecule has 19 heavy (non-hydrogen) atoms. The van der Waals surface area contributed by atoms with Crippen molar-refractivity contribution in [3.05, 3.63) is 24.3 Å². The summed E-state index contributed by atoms with van der Waals surface area (Å²) >= 11 is 0. The van der Waals surface area contributed by atoms with Crippen LogP contribution in [0.5, 0.6) is 5.75 Å². The molecule has 0 heterocycles. The van der Waals surface area contributed by atoms with Crippen molar-refractivity contribution >= 4 is 11.6 Å². The first-order valence-electron chi connectivity index (χ1n) is 6.50. The van der Waals surface area contributed by atoms with E-state index < -0.39 is 0 Å². The number of aliphatic hydroxyl groups excluding tert-OH is 1. The lowest BCUT2D eigenvalue weighted by Crippen LogP contribution is -2.38. The normalized spacial score (nSPS) is 21.6. The van der Waals surface area contributed by atoms with Crippen molar-refractivity contribution in [1.82, 2.24) is 5.32 Å². The van der Waals surface area contributed by atoms with E-state index in [1.165, 1.54) is 0 Å². The second-order valence-electron chi connectivity index (χ2n) is 4.90. The third-order valence-corrected chi connectivity index (χ3v) is 3.28. The van der Waals surface area contributed by atoms with E-state index in [1.807, 2.05) is 18.2 Å². The van der Waals surface area contributed by atoms with Crippen molar-refractivity contribution in [2.45, 2.75) is 18.9 Å². The molecule has 0 unspecified atom stereocenters. The van der Waals surface area contributed by atoms with Crippen molar-refractivity contribution in [2.75, 3.05) is 25.5 Å². The van der Waals surface area contributed by atoms with Gasteiger partial charge >= 0.3 is 0 Å². The molecule has 1 aliphatic rings. The van der Waals surface area contributed by atoms with Gasteiger partial charge in [0.1, 0.15) is 5.75 Å². The maximum absolute atomic E-state index is 11.7. The van der Waals surface area contributed by atoms with E-state index in [9.17, 15) is 4.79 Å². The second-order valence-corrected chi connectivity index (χ2v) is 4.90. The first-order valence-corrected chi connectivity index (χ1v) is 6.50. The molecule has 5 heteroatoms. The van der Waals surface area contributed by atoms with Crippen molar-refractivity contribution in [1.29, 1.82) is 0 Å². The predicted octanol–water partition coefficient (Wildman–Crippen LogP) is 0.994. The topological polar surface area (TPSA) is 70.6 Å². The average Bonchev–Trinajstić information content (AvgIpc) is 2.37. The number of rotatable bonds is 6. The average molecular weight is 264 g/mol. The van der Waals surface area contributed by atoms with Gasteiger partial charge in [-0.1, -0.05) is 6.07 Å². The Morgan fingerprint density at radius 3 is 2.95 bits per heavy atom. The minimum atomic E-state index is -0.141. The van der Waals surface area contributed by atoms with Crippen molar-refractivity contribution in [3.8, 4) is 5.75 Å². The molecule has 2 rings (SSSR count). The fourth-order valence-electron chi connectivity index (χ4n) is 2.16. The SMILES string of the molecule is COc1cccc(NC(=O)CNCC2CC(O)C2)c1. The largest absolute Gasteiger partial charge is 0.497 e. The molecule has 0 aromatic heterocycles. The smallest absolute Gasteiger partial charge is 0.238 e. The third kappa shape index (κ3) is 4.22. The summed E-state index contributed by atoms with van der Waals surface area (Å²) in [6, 6.07) is 7.26. The Bertz CT molecular complexity index is 430. The maximum Gasteiger partial charge on any atom is 0.238 e. The first kappa shape index (κ1) is 13.8. The summed E-state index contributed by atoms with van der Waals surface area (Å²) in [5.74, 6) is 1.14. The summed E-state index contributed by atoms with van der Waals surface area (Å²) in [4.78, 5) is 11.7. The minimum absolute atomic E-state index is 0.0758. The molecule has 1 fully saturated rings. The van der Waals surface area contributed by atoms with Gasteiger partial charge in [0, 0.05) is 11.8 Å². The fraction of sp³-hybridized carbons (Fsp3) is 0.500. The number of methoxy groups -OCH3 is 1. The number of amides is 1. The highest BCUT2D eigenvalue weighted by atomic mass is 16.5. The number of aliphatic hydroxyl groups is 1. The number of hydrogen-bond acceptors (Lipinski definition) is 4. The first-order chi connectivity index (χ1) is 9.17. The zero-order valence-electron chi connectivity index (χ0n) is 11.1. The standard InChI is InChI=1S/C14H20N2O3/c1-19-13-4-2-3-11(7-13)16-14(18)9-15-8-10-5-12(17)6-10/h2-4,7,10,12,15,17H,5-6,8-9H2,1H3,(H,16,18). The molecule has 1 saturated carbocycles. The van der Waals surface area contributed by atoms with Crippen LogP contribution >= 0.6 is 0 Å². The number of anilines is 1. The fourth-order valence-corrected chi connectivity index (χ4v) is 2.16. The highest BCUT2D eigenvalue weighted by Crippen LogP contribution is 2.25. The lowest BCUT2D eigenvalue weighted by molar-refractivity contribution is -0.115. The van der Waals surface area contributed by atoms with Gasteiger partial charge in [0.2, 0.25) is 5.91 Å². The predicted molar refractivity (Wildman–Crippen MR) is 73.2 cm³/mol. The molecular formula is C14H20N2O3. The number of nitrogens with one attached hydrogen (secondary N) is 2. The molecule has 5 nitrogen and oxygen atoms in total. The van der Waals surface area contributed by atoms with E-state index in [0.717, 1.165) is 25.1 Å². The maximum atomic E-state index is 11.7. The lowest BCUT2D eigenvalue weighted by Gasteiger charge is -2.31. The Kier molecular flexibility index (Phi) is 4.76. The summed E-state index contributed by atoms with van der Waals surface area (Å²) in [6.45, 7) is 1.06. The second kappa shape index (κ2) is 6.54. The van der Waals surface area contributed by atoms with Crippen molar-refractivity contribution in [3.63, 3.8) is 0 Å². The molecule has 104 valence electrons. The molecular weight excluding hydrogens is 244 g/mol. The molecule has 1 amide bonds. The van der Waals surface area contributed by atoms with Gasteiger partial charge in [0.25, 0.3) is 0 Å². The molecule has 0 bridgehead atoms. The summed E-state index contributed by atoms with van der Waals surface area (Å²) in [7, 11) is 1.59. The van der Waals surface area contributed by atoms with Gasteiger partial charge in [0.15, 0.2) is 0 Å². The Hall–Kier alpha value is -1.59. The molecule has 0 aliphatic heterocycles. The lowest BCUT2D eigenvalue weighted by atomic mass is 9.82. The van der Waals surface area contributed by atoms with E-state index in [-0.39, 0.29) is 18.6 Å². The highest BCUT2D eigenvalue weighted by molar-refractivity contribution is 5.92. The summed E-state index contributed by atoms with van der Waals surface area (Å²) in [5.41, 5.74) is 0.727. The van der Waals surface area contributed by atoms with E-state index in [4.69, 9.17) is 9.84 Å². The monoisotopic (exact) mass is 264 g/mol. The summed E-state index contributed by atoms with van der Waals surface area (Å²) in [6.07, 6.45) is 1.53. The van der Waals surface area contributed by atoms with Gasteiger partial charge in [-0.2, -0.15) is 0 Å². The Morgan fingerprint density at radius 1 is 1.47 bits per heavy atom. The molecule has 3 N–H and O–H groups in total. The van der Waals surface area contributed by atoms with Crippen LogP contribution in [-0.2, 0) is 4.79 Å². The van der Waals surface area contributed by atoms with Crippen LogP contribution in [0, 0.1) is 5.92 Å². The number of benzene rings is 1. The molecule has 0 spiro atoms. The van der Waals surface area contributed by atoms with Gasteiger partial charge in [-0.15, -0.1) is 0 Å². The molecule has 1 aromatic carbocycles. The Balaban J connectivity index is 1.68. The zero-order chi connectivity index (χ0) is 13.7. The van der Waals surface area contributed by atoms with Crippen LogP contribution in [0.1, 0.15) is 12.8 Å². The van der Waals surface area contributed by atoms with E-state index >= 15 is 0 Å². The molecule has 0 saturated heterocycles. The van der Waals surface area contributed by atoms with Gasteiger partial charge < -0.3 is 20.5 Å². The van der Waals surface area contributed by atoms with E-state index in [1.54, 1.807) is 13.2 Å². The minimum Gasteiger partial charge on any atom is -0.497 e. The van der Waals surface area contributed by atoms with Crippen LogP contribution < -0.4 is 15.4 Å². The van der Waals surface area contributed by atoms with E-state index in [2.05, 4.69) is 10.6 Å². The van der Waals surface area contributed by atoms with Crippen LogP contribution in [0.25, 0.3) is 0 Å². The van der Waals surface area contributed by atoms with Crippen molar-refractivity contribution < 1.29 is 14.6 Å². The number of carbonyl (C=O) groups is 1. The van der Waals surface area contributed by atoms with Gasteiger partial charge in [0.05, 0.1) is 19.8 Å². The highest BCUT2D eigenvalue weighted by Gasteiger charge is 2.26. The van der Waals surface area contributed by atoms with Crippen LogP contribution in [0.4, 0.5) is 5.69 Å². The van der Waals surface area contributed by atoms with Crippen LogP contribution in [0.2, 0.25) is 0 Å². The zero-order valence-corrected chi connectivity index (χ0v) is 11.1. The Morgan fingerprint density at radius 2 is 2.26 bits per heavy atom. The quantitative estimate of drug-likeness (QED) is 0.716. The number of carbonyl (C=O) groups excluding carboxylic acids is 1. The van der Waals surface area contributed by atoms with Gasteiger partial charge in [-0.25, -0.2) is 0 Å². The van der Waals surface area contributed by atoms with Gasteiger partial charge in [-0.05, 0) is 37.4 Å². The summed E-state index contributed by atoms with van der Waals surface area (Å²) < 4.78 is 5.09. The van der Waals surface area contributed by atoms with E-state index in [0.29, 0.717) is 11.7 Å². The summed E-state index contributed by atoms with van der Waals surface area (Å²) in [5, 5.41) is 15.1. The molecule has 1 aromatic rings. The molecule has 0 atom stereocenters. The Labute approximate surface area is 113 Å². The van der Waals surface area contributed by atoms with Gasteiger partial charge in [-0.3, -0.25) is 4.79 Å². The van der Waals surface area contributed by atoms with Crippen LogP contribution in [-0.4, -0.2) is 37.3 Å². The number of ether oxygens (including phenoxy) is 1. The molecule has 1 aliphatic carbocycles.